The molecule has 3 nitrogen and oxygen atoms in total. The first-order chi connectivity index (χ1) is 7.61. The normalized spacial score (nSPS) is 14.8. The van der Waals surface area contributed by atoms with Crippen molar-refractivity contribution >= 4 is 29.9 Å². The van der Waals surface area contributed by atoms with E-state index in [0.29, 0.717) is 0 Å². The zero-order chi connectivity index (χ0) is 11.7. The summed E-state index contributed by atoms with van der Waals surface area (Å²) in [5, 5.41) is 3.04. The number of rotatable bonds is 2. The molecule has 0 saturated carbocycles. The zero-order valence-corrected chi connectivity index (χ0v) is 10.8. The van der Waals surface area contributed by atoms with Crippen molar-refractivity contribution in [2.75, 3.05) is 20.1 Å². The lowest BCUT2D eigenvalue weighted by Gasteiger charge is -2.35. The molecule has 1 aliphatic heterocycles. The molecular formula is C11H13Cl2FN2O. The molecule has 1 heterocycles. The van der Waals surface area contributed by atoms with Crippen molar-refractivity contribution in [2.24, 2.45) is 0 Å². The summed E-state index contributed by atoms with van der Waals surface area (Å²) in [6.07, 6.45) is 0. The van der Waals surface area contributed by atoms with Crippen LogP contribution in [0, 0.1) is 5.82 Å². The summed E-state index contributed by atoms with van der Waals surface area (Å²) < 4.78 is 13.6. The van der Waals surface area contributed by atoms with Crippen molar-refractivity contribution in [1.82, 2.24) is 10.2 Å². The van der Waals surface area contributed by atoms with Crippen LogP contribution in [-0.4, -0.2) is 37.0 Å². The van der Waals surface area contributed by atoms with E-state index in [2.05, 4.69) is 5.32 Å². The van der Waals surface area contributed by atoms with Crippen LogP contribution in [0.2, 0.25) is 5.02 Å². The van der Waals surface area contributed by atoms with Gasteiger partial charge in [0.25, 0.3) is 5.91 Å². The summed E-state index contributed by atoms with van der Waals surface area (Å²) in [6, 6.07) is 4.60. The monoisotopic (exact) mass is 278 g/mol. The molecule has 1 aromatic rings. The molecule has 0 aliphatic carbocycles. The van der Waals surface area contributed by atoms with E-state index in [0.717, 1.165) is 13.1 Å². The summed E-state index contributed by atoms with van der Waals surface area (Å²) >= 11 is 5.63. The average molecular weight is 279 g/mol. The number of hydrogen-bond donors (Lipinski definition) is 1. The Bertz CT molecular complexity index is 424. The van der Waals surface area contributed by atoms with Gasteiger partial charge in [-0.25, -0.2) is 4.39 Å². The molecule has 1 saturated heterocycles. The topological polar surface area (TPSA) is 32.3 Å². The van der Waals surface area contributed by atoms with Gasteiger partial charge in [-0.1, -0.05) is 17.7 Å². The highest BCUT2D eigenvalue weighted by Crippen LogP contribution is 2.20. The summed E-state index contributed by atoms with van der Waals surface area (Å²) in [4.78, 5) is 13.5. The van der Waals surface area contributed by atoms with Crippen molar-refractivity contribution < 1.29 is 9.18 Å². The molecule has 0 radical (unpaired) electrons. The molecule has 0 bridgehead atoms. The maximum atomic E-state index is 13.6. The molecule has 0 aromatic heterocycles. The molecular weight excluding hydrogens is 266 g/mol. The summed E-state index contributed by atoms with van der Waals surface area (Å²) in [6.45, 7) is 1.51. The largest absolute Gasteiger partial charge is 0.336 e. The van der Waals surface area contributed by atoms with Gasteiger partial charge in [-0.05, 0) is 12.1 Å². The van der Waals surface area contributed by atoms with Crippen LogP contribution >= 0.6 is 24.0 Å². The third-order valence-corrected chi connectivity index (χ3v) is 3.10. The first-order valence-corrected chi connectivity index (χ1v) is 5.41. The second-order valence-corrected chi connectivity index (χ2v) is 4.24. The van der Waals surface area contributed by atoms with Gasteiger partial charge in [0.15, 0.2) is 5.82 Å². The highest BCUT2D eigenvalue weighted by Gasteiger charge is 2.27. The maximum Gasteiger partial charge on any atom is 0.256 e. The van der Waals surface area contributed by atoms with Crippen LogP contribution in [-0.2, 0) is 0 Å². The molecule has 2 rings (SSSR count). The molecule has 1 fully saturated rings. The summed E-state index contributed by atoms with van der Waals surface area (Å²) in [5.41, 5.74) is 0.0295. The van der Waals surface area contributed by atoms with E-state index in [4.69, 9.17) is 11.6 Å². The molecule has 94 valence electrons. The van der Waals surface area contributed by atoms with Crippen molar-refractivity contribution in [3.05, 3.63) is 34.6 Å². The lowest BCUT2D eigenvalue weighted by Crippen LogP contribution is -2.57. The molecule has 0 spiro atoms. The first-order valence-electron chi connectivity index (χ1n) is 5.03. The van der Waals surface area contributed by atoms with Gasteiger partial charge in [0.2, 0.25) is 0 Å². The minimum atomic E-state index is -0.645. The predicted octanol–water partition coefficient (Wildman–Crippen LogP) is 1.94. The molecule has 1 N–H and O–H groups in total. The second kappa shape index (κ2) is 5.67. The minimum absolute atomic E-state index is 0. The van der Waals surface area contributed by atoms with Crippen LogP contribution < -0.4 is 5.32 Å². The molecule has 1 aliphatic rings. The van der Waals surface area contributed by atoms with Crippen molar-refractivity contribution in [3.63, 3.8) is 0 Å². The fourth-order valence-corrected chi connectivity index (χ4v) is 1.75. The Morgan fingerprint density at radius 3 is 2.71 bits per heavy atom. The lowest BCUT2D eigenvalue weighted by atomic mass is 10.1. The van der Waals surface area contributed by atoms with E-state index in [1.54, 1.807) is 18.0 Å². The number of amides is 1. The van der Waals surface area contributed by atoms with E-state index >= 15 is 0 Å². The Labute approximate surface area is 110 Å². The Kier molecular flexibility index (Phi) is 4.74. The van der Waals surface area contributed by atoms with E-state index in [1.165, 1.54) is 12.1 Å². The highest BCUT2D eigenvalue weighted by molar-refractivity contribution is 6.31. The Morgan fingerprint density at radius 2 is 2.18 bits per heavy atom. The average Bonchev–Trinajstić information content (AvgIpc) is 2.18. The number of likely N-dealkylation sites (N-methyl/N-ethyl adjacent to an activating group) is 1. The van der Waals surface area contributed by atoms with Crippen molar-refractivity contribution in [2.45, 2.75) is 6.04 Å². The van der Waals surface area contributed by atoms with Gasteiger partial charge in [-0.2, -0.15) is 0 Å². The van der Waals surface area contributed by atoms with Crippen LogP contribution in [0.5, 0.6) is 0 Å². The molecule has 0 atom stereocenters. The highest BCUT2D eigenvalue weighted by atomic mass is 35.5. The molecule has 17 heavy (non-hydrogen) atoms. The van der Waals surface area contributed by atoms with Crippen LogP contribution in [0.4, 0.5) is 4.39 Å². The Balaban J connectivity index is 0.00000144. The predicted molar refractivity (Wildman–Crippen MR) is 67.4 cm³/mol. The number of carbonyl (C=O) groups excluding carboxylic acids is 1. The van der Waals surface area contributed by atoms with Gasteiger partial charge in [0, 0.05) is 20.1 Å². The van der Waals surface area contributed by atoms with Crippen molar-refractivity contribution in [3.8, 4) is 0 Å². The standard InChI is InChI=1S/C11H12ClFN2O.ClH/c1-15(7-5-14-6-7)11(16)8-3-2-4-9(12)10(8)13;/h2-4,7,14H,5-6H2,1H3;1H. The first kappa shape index (κ1) is 14.2. The second-order valence-electron chi connectivity index (χ2n) is 3.83. The van der Waals surface area contributed by atoms with Crippen LogP contribution in [0.3, 0.4) is 0 Å². The molecule has 1 aromatic carbocycles. The van der Waals surface area contributed by atoms with Gasteiger partial charge in [-0.15, -0.1) is 12.4 Å². The Hall–Kier alpha value is -0.840. The number of hydrogen-bond acceptors (Lipinski definition) is 2. The van der Waals surface area contributed by atoms with E-state index in [9.17, 15) is 9.18 Å². The number of halogens is 3. The smallest absolute Gasteiger partial charge is 0.256 e. The molecule has 6 heteroatoms. The van der Waals surface area contributed by atoms with E-state index in [1.807, 2.05) is 0 Å². The molecule has 0 unspecified atom stereocenters. The quantitative estimate of drug-likeness (QED) is 0.897. The van der Waals surface area contributed by atoms with Gasteiger partial charge in [-0.3, -0.25) is 4.79 Å². The van der Waals surface area contributed by atoms with Gasteiger partial charge < -0.3 is 10.2 Å². The summed E-state index contributed by atoms with van der Waals surface area (Å²) in [5.74, 6) is -0.972. The number of benzene rings is 1. The fourth-order valence-electron chi connectivity index (χ4n) is 1.57. The van der Waals surface area contributed by atoms with Crippen LogP contribution in [0.15, 0.2) is 18.2 Å². The third kappa shape index (κ3) is 2.70. The fraction of sp³-hybridized carbons (Fsp3) is 0.364. The van der Waals surface area contributed by atoms with Gasteiger partial charge in [0.05, 0.1) is 16.6 Å². The molecule has 1 amide bonds. The van der Waals surface area contributed by atoms with E-state index < -0.39 is 5.82 Å². The number of nitrogens with zero attached hydrogens (tertiary/aromatic N) is 1. The number of nitrogens with one attached hydrogen (secondary N) is 1. The zero-order valence-electron chi connectivity index (χ0n) is 9.24. The SMILES string of the molecule is CN(C(=O)c1cccc(Cl)c1F)C1CNC1.Cl. The van der Waals surface area contributed by atoms with Crippen LogP contribution in [0.1, 0.15) is 10.4 Å². The number of carbonyl (C=O) groups is 1. The van der Waals surface area contributed by atoms with Crippen LogP contribution in [0.25, 0.3) is 0 Å². The maximum absolute atomic E-state index is 13.6. The van der Waals surface area contributed by atoms with E-state index in [-0.39, 0.29) is 34.9 Å². The minimum Gasteiger partial charge on any atom is -0.336 e. The lowest BCUT2D eigenvalue weighted by molar-refractivity contribution is 0.0676. The van der Waals surface area contributed by atoms with Crippen molar-refractivity contribution in [1.29, 1.82) is 0 Å². The van der Waals surface area contributed by atoms with Gasteiger partial charge in [0.1, 0.15) is 0 Å². The summed E-state index contributed by atoms with van der Waals surface area (Å²) in [7, 11) is 1.67. The Morgan fingerprint density at radius 1 is 1.53 bits per heavy atom. The third-order valence-electron chi connectivity index (χ3n) is 2.81. The van der Waals surface area contributed by atoms with Gasteiger partial charge >= 0.3 is 0 Å².